The predicted octanol–water partition coefficient (Wildman–Crippen LogP) is 1.14. The van der Waals surface area contributed by atoms with Gasteiger partial charge in [-0.1, -0.05) is 0 Å². The van der Waals surface area contributed by atoms with Crippen LogP contribution in [-0.2, 0) is 6.54 Å². The molecule has 0 atom stereocenters. The minimum Gasteiger partial charge on any atom is -0.475 e. The molecule has 0 spiro atoms. The van der Waals surface area contributed by atoms with Crippen LogP contribution >= 0.6 is 12.4 Å². The first kappa shape index (κ1) is 12.1. The van der Waals surface area contributed by atoms with Crippen molar-refractivity contribution in [1.82, 2.24) is 9.97 Å². The summed E-state index contributed by atoms with van der Waals surface area (Å²) in [5, 5.41) is 0. The van der Waals surface area contributed by atoms with E-state index in [0.717, 1.165) is 0 Å². The van der Waals surface area contributed by atoms with E-state index in [4.69, 9.17) is 10.5 Å². The molecule has 2 N–H and O–H groups in total. The van der Waals surface area contributed by atoms with E-state index in [9.17, 15) is 0 Å². The summed E-state index contributed by atoms with van der Waals surface area (Å²) in [4.78, 5) is 8.02. The summed E-state index contributed by atoms with van der Waals surface area (Å²) in [5.74, 6) is 1.19. The zero-order valence-electron chi connectivity index (χ0n) is 7.73. The number of aromatic nitrogens is 2. The largest absolute Gasteiger partial charge is 0.475 e. The first-order chi connectivity index (χ1) is 5.72. The normalized spacial score (nSPS) is 9.54. The van der Waals surface area contributed by atoms with Gasteiger partial charge >= 0.3 is 0 Å². The van der Waals surface area contributed by atoms with Gasteiger partial charge in [-0.05, 0) is 13.8 Å². The number of nitrogens with two attached hydrogens (primary N) is 1. The van der Waals surface area contributed by atoms with Crippen LogP contribution in [0.4, 0.5) is 0 Å². The molecule has 0 unspecified atom stereocenters. The molecule has 1 aromatic rings. The Balaban J connectivity index is 0.00000144. The minimum absolute atomic E-state index is 0. The van der Waals surface area contributed by atoms with Crippen LogP contribution in [0.2, 0.25) is 0 Å². The van der Waals surface area contributed by atoms with Gasteiger partial charge in [0.1, 0.15) is 5.82 Å². The van der Waals surface area contributed by atoms with E-state index in [1.807, 2.05) is 13.8 Å². The monoisotopic (exact) mass is 203 g/mol. The maximum Gasteiger partial charge on any atom is 0.216 e. The van der Waals surface area contributed by atoms with Gasteiger partial charge in [-0.3, -0.25) is 0 Å². The molecule has 74 valence electrons. The molecule has 0 saturated heterocycles. The Labute approximate surface area is 83.9 Å². The Morgan fingerprint density at radius 3 is 2.77 bits per heavy atom. The molecule has 13 heavy (non-hydrogen) atoms. The number of hydrogen-bond acceptors (Lipinski definition) is 4. The molecule has 0 radical (unpaired) electrons. The zero-order chi connectivity index (χ0) is 8.97. The smallest absolute Gasteiger partial charge is 0.216 e. The lowest BCUT2D eigenvalue weighted by molar-refractivity contribution is 0.231. The number of nitrogens with zero attached hydrogens (tertiary/aromatic N) is 2. The lowest BCUT2D eigenvalue weighted by Crippen LogP contribution is -2.09. The molecule has 0 aromatic carbocycles. The van der Waals surface area contributed by atoms with Gasteiger partial charge < -0.3 is 10.5 Å². The van der Waals surface area contributed by atoms with Crippen LogP contribution in [0.1, 0.15) is 19.7 Å². The van der Waals surface area contributed by atoms with Gasteiger partial charge in [0.15, 0.2) is 0 Å². The fourth-order valence-electron chi connectivity index (χ4n) is 0.786. The molecule has 4 nitrogen and oxygen atoms in total. The third-order valence-corrected chi connectivity index (χ3v) is 1.22. The fourth-order valence-corrected chi connectivity index (χ4v) is 0.786. The molecule has 0 bridgehead atoms. The Kier molecular flexibility index (Phi) is 5.34. The van der Waals surface area contributed by atoms with E-state index in [1.54, 1.807) is 12.3 Å². The quantitative estimate of drug-likeness (QED) is 0.801. The van der Waals surface area contributed by atoms with Crippen molar-refractivity contribution in [2.75, 3.05) is 0 Å². The second kappa shape index (κ2) is 5.72. The summed E-state index contributed by atoms with van der Waals surface area (Å²) in [6.45, 7) is 4.24. The first-order valence-corrected chi connectivity index (χ1v) is 3.91. The molecule has 0 aliphatic carbocycles. The van der Waals surface area contributed by atoms with Crippen molar-refractivity contribution < 1.29 is 4.74 Å². The van der Waals surface area contributed by atoms with Crippen molar-refractivity contribution in [3.63, 3.8) is 0 Å². The highest BCUT2D eigenvalue weighted by Gasteiger charge is 1.99. The van der Waals surface area contributed by atoms with Gasteiger partial charge in [-0.2, -0.15) is 4.98 Å². The molecular weight excluding hydrogens is 190 g/mol. The minimum atomic E-state index is 0. The molecule has 0 fully saturated rings. The number of halogens is 1. The van der Waals surface area contributed by atoms with Crippen molar-refractivity contribution >= 4 is 12.4 Å². The van der Waals surface area contributed by atoms with Crippen LogP contribution in [0.25, 0.3) is 0 Å². The molecule has 0 saturated carbocycles. The number of ether oxygens (including phenoxy) is 1. The van der Waals surface area contributed by atoms with E-state index in [2.05, 4.69) is 9.97 Å². The highest BCUT2D eigenvalue weighted by molar-refractivity contribution is 5.85. The lowest BCUT2D eigenvalue weighted by Gasteiger charge is -2.08. The number of rotatable bonds is 3. The second-order valence-electron chi connectivity index (χ2n) is 2.68. The molecular formula is C8H14ClN3O. The van der Waals surface area contributed by atoms with Crippen LogP contribution in [-0.4, -0.2) is 16.1 Å². The van der Waals surface area contributed by atoms with Gasteiger partial charge in [0.25, 0.3) is 0 Å². The van der Waals surface area contributed by atoms with E-state index < -0.39 is 0 Å². The van der Waals surface area contributed by atoms with Crippen LogP contribution in [0.5, 0.6) is 5.88 Å². The molecule has 1 rings (SSSR count). The summed E-state index contributed by atoms with van der Waals surface area (Å²) in [7, 11) is 0. The molecule has 0 aliphatic heterocycles. The standard InChI is InChI=1S/C8H13N3O.ClH/c1-6(2)12-8-3-4-10-7(5-9)11-8;/h3-4,6H,5,9H2,1-2H3;1H. The predicted molar refractivity (Wildman–Crippen MR) is 52.9 cm³/mol. The molecule has 0 aliphatic rings. The first-order valence-electron chi connectivity index (χ1n) is 3.91. The van der Waals surface area contributed by atoms with E-state index in [-0.39, 0.29) is 18.5 Å². The Bertz CT molecular complexity index is 255. The van der Waals surface area contributed by atoms with Crippen molar-refractivity contribution in [1.29, 1.82) is 0 Å². The fraction of sp³-hybridized carbons (Fsp3) is 0.500. The van der Waals surface area contributed by atoms with Gasteiger partial charge in [-0.15, -0.1) is 12.4 Å². The molecule has 1 heterocycles. The molecule has 5 heteroatoms. The summed E-state index contributed by atoms with van der Waals surface area (Å²) < 4.78 is 5.35. The summed E-state index contributed by atoms with van der Waals surface area (Å²) in [5.41, 5.74) is 5.37. The van der Waals surface area contributed by atoms with Crippen LogP contribution in [0.3, 0.4) is 0 Å². The van der Waals surface area contributed by atoms with Crippen molar-refractivity contribution in [3.8, 4) is 5.88 Å². The lowest BCUT2D eigenvalue weighted by atomic mass is 10.5. The summed E-state index contributed by atoms with van der Waals surface area (Å²) >= 11 is 0. The van der Waals surface area contributed by atoms with Gasteiger partial charge in [-0.25, -0.2) is 4.98 Å². The van der Waals surface area contributed by atoms with Gasteiger partial charge in [0, 0.05) is 12.3 Å². The highest BCUT2D eigenvalue weighted by Crippen LogP contribution is 2.06. The highest BCUT2D eigenvalue weighted by atomic mass is 35.5. The van der Waals surface area contributed by atoms with Gasteiger partial charge in [0.2, 0.25) is 5.88 Å². The Hall–Kier alpha value is -0.870. The average molecular weight is 204 g/mol. The third kappa shape index (κ3) is 4.05. The number of hydrogen-bond donors (Lipinski definition) is 1. The Morgan fingerprint density at radius 1 is 1.54 bits per heavy atom. The maximum atomic E-state index is 5.37. The van der Waals surface area contributed by atoms with E-state index in [0.29, 0.717) is 18.2 Å². The van der Waals surface area contributed by atoms with E-state index >= 15 is 0 Å². The van der Waals surface area contributed by atoms with Crippen molar-refractivity contribution in [2.45, 2.75) is 26.5 Å². The van der Waals surface area contributed by atoms with Crippen LogP contribution in [0.15, 0.2) is 12.3 Å². The van der Waals surface area contributed by atoms with Crippen LogP contribution < -0.4 is 10.5 Å². The van der Waals surface area contributed by atoms with E-state index in [1.165, 1.54) is 0 Å². The summed E-state index contributed by atoms with van der Waals surface area (Å²) in [6, 6.07) is 1.72. The average Bonchev–Trinajstić information content (AvgIpc) is 2.03. The van der Waals surface area contributed by atoms with Crippen molar-refractivity contribution in [2.24, 2.45) is 5.73 Å². The topological polar surface area (TPSA) is 61.0 Å². The van der Waals surface area contributed by atoms with Crippen molar-refractivity contribution in [3.05, 3.63) is 18.1 Å². The molecule has 0 amide bonds. The third-order valence-electron chi connectivity index (χ3n) is 1.22. The zero-order valence-corrected chi connectivity index (χ0v) is 8.54. The summed E-state index contributed by atoms with van der Waals surface area (Å²) in [6.07, 6.45) is 1.78. The SMILES string of the molecule is CC(C)Oc1ccnc(CN)n1.Cl. The molecule has 1 aromatic heterocycles. The maximum absolute atomic E-state index is 5.37. The second-order valence-corrected chi connectivity index (χ2v) is 2.68. The van der Waals surface area contributed by atoms with Gasteiger partial charge in [0.05, 0.1) is 12.6 Å². The Morgan fingerprint density at radius 2 is 2.23 bits per heavy atom. The van der Waals surface area contributed by atoms with Crippen LogP contribution in [0, 0.1) is 0 Å².